The van der Waals surface area contributed by atoms with Gasteiger partial charge < -0.3 is 19.6 Å². The molecule has 2 aliphatic rings. The van der Waals surface area contributed by atoms with Crippen LogP contribution in [0.2, 0.25) is 5.02 Å². The van der Waals surface area contributed by atoms with E-state index in [1.807, 2.05) is 46.5 Å². The summed E-state index contributed by atoms with van der Waals surface area (Å²) in [6, 6.07) is 7.85. The van der Waals surface area contributed by atoms with Crippen molar-refractivity contribution in [2.75, 3.05) is 13.1 Å². The van der Waals surface area contributed by atoms with Crippen LogP contribution in [0.3, 0.4) is 0 Å². The van der Waals surface area contributed by atoms with E-state index >= 15 is 0 Å². The molecule has 1 aromatic carbocycles. The molecule has 156 valence electrons. The van der Waals surface area contributed by atoms with E-state index in [0.717, 1.165) is 30.8 Å². The third-order valence-electron chi connectivity index (χ3n) is 5.49. The third kappa shape index (κ3) is 6.78. The van der Waals surface area contributed by atoms with Crippen molar-refractivity contribution in [3.63, 3.8) is 0 Å². The average molecular weight is 429 g/mol. The van der Waals surface area contributed by atoms with Gasteiger partial charge in [0.15, 0.2) is 0 Å². The van der Waals surface area contributed by atoms with Gasteiger partial charge in [0.1, 0.15) is 0 Å². The lowest BCUT2D eigenvalue weighted by Gasteiger charge is -2.35. The van der Waals surface area contributed by atoms with Gasteiger partial charge in [-0.2, -0.15) is 0 Å². The fourth-order valence-electron chi connectivity index (χ4n) is 4.03. The van der Waals surface area contributed by atoms with Crippen molar-refractivity contribution in [2.24, 2.45) is 5.92 Å². The van der Waals surface area contributed by atoms with Gasteiger partial charge in [-0.15, -0.1) is 0 Å². The normalized spacial score (nSPS) is 20.9. The molecule has 0 spiro atoms. The van der Waals surface area contributed by atoms with Crippen LogP contribution in [0.5, 0.6) is 0 Å². The van der Waals surface area contributed by atoms with Gasteiger partial charge in [0.05, 0.1) is 0 Å². The standard InChI is InChI=1S/C20H30ClN2O4P/c21-19-11-9-17(10-12-19)6-4-5-13-22-14-15-23(20(22)27-28(24,25)26)16-18-7-2-1-3-8-18/h9-12,14-15,18,20H,1-8,13,16H2,(H2,24,25,26). The first-order valence-corrected chi connectivity index (χ1v) is 12.0. The lowest BCUT2D eigenvalue weighted by molar-refractivity contribution is -0.0507. The highest BCUT2D eigenvalue weighted by Crippen LogP contribution is 2.41. The van der Waals surface area contributed by atoms with Crippen molar-refractivity contribution in [2.45, 2.75) is 57.7 Å². The lowest BCUT2D eigenvalue weighted by atomic mass is 9.89. The molecule has 1 aliphatic carbocycles. The van der Waals surface area contributed by atoms with Gasteiger partial charge in [0.2, 0.25) is 6.35 Å². The average Bonchev–Trinajstić information content (AvgIpc) is 3.01. The predicted molar refractivity (Wildman–Crippen MR) is 110 cm³/mol. The monoisotopic (exact) mass is 428 g/mol. The fraction of sp³-hybridized carbons (Fsp3) is 0.600. The summed E-state index contributed by atoms with van der Waals surface area (Å²) in [5.74, 6) is 0.561. The fourth-order valence-corrected chi connectivity index (χ4v) is 4.65. The van der Waals surface area contributed by atoms with E-state index in [-0.39, 0.29) is 0 Å². The van der Waals surface area contributed by atoms with Gasteiger partial charge >= 0.3 is 7.82 Å². The van der Waals surface area contributed by atoms with Crippen molar-refractivity contribution in [3.8, 4) is 0 Å². The predicted octanol–water partition coefficient (Wildman–Crippen LogP) is 4.72. The summed E-state index contributed by atoms with van der Waals surface area (Å²) >= 11 is 5.91. The topological polar surface area (TPSA) is 73.2 Å². The SMILES string of the molecule is O=P(O)(O)OC1N(CCCCc2ccc(Cl)cc2)C=CN1CC1CCCCC1. The number of rotatable bonds is 9. The quantitative estimate of drug-likeness (QED) is 0.437. The highest BCUT2D eigenvalue weighted by Gasteiger charge is 2.34. The molecule has 0 bridgehead atoms. The number of nitrogens with zero attached hydrogens (tertiary/aromatic N) is 2. The van der Waals surface area contributed by atoms with Crippen LogP contribution in [0.25, 0.3) is 0 Å². The molecule has 1 atom stereocenters. The van der Waals surface area contributed by atoms with E-state index in [2.05, 4.69) is 0 Å². The molecule has 1 unspecified atom stereocenters. The Balaban J connectivity index is 1.50. The molecule has 1 aliphatic heterocycles. The van der Waals surface area contributed by atoms with Crippen molar-refractivity contribution >= 4 is 19.4 Å². The number of aryl methyl sites for hydroxylation is 1. The van der Waals surface area contributed by atoms with Gasteiger partial charge in [-0.1, -0.05) is 43.0 Å². The summed E-state index contributed by atoms with van der Waals surface area (Å²) in [5.41, 5.74) is 1.24. The molecular weight excluding hydrogens is 399 g/mol. The lowest BCUT2D eigenvalue weighted by Crippen LogP contribution is -2.42. The van der Waals surface area contributed by atoms with Crippen LogP contribution in [0.4, 0.5) is 0 Å². The maximum absolute atomic E-state index is 11.5. The minimum absolute atomic E-state index is 0.561. The molecular formula is C20H30ClN2O4P. The Morgan fingerprint density at radius 1 is 1.04 bits per heavy atom. The van der Waals surface area contributed by atoms with Crippen LogP contribution in [-0.4, -0.2) is 39.0 Å². The molecule has 1 aromatic rings. The summed E-state index contributed by atoms with van der Waals surface area (Å²) in [6.07, 6.45) is 12.0. The van der Waals surface area contributed by atoms with Gasteiger partial charge in [0.25, 0.3) is 0 Å². The van der Waals surface area contributed by atoms with Crippen molar-refractivity contribution in [1.29, 1.82) is 0 Å². The summed E-state index contributed by atoms with van der Waals surface area (Å²) in [7, 11) is -4.57. The molecule has 8 heteroatoms. The van der Waals surface area contributed by atoms with E-state index in [0.29, 0.717) is 12.5 Å². The van der Waals surface area contributed by atoms with E-state index in [4.69, 9.17) is 16.1 Å². The molecule has 0 aromatic heterocycles. The van der Waals surface area contributed by atoms with E-state index in [9.17, 15) is 14.4 Å². The van der Waals surface area contributed by atoms with Crippen molar-refractivity contribution in [3.05, 3.63) is 47.3 Å². The van der Waals surface area contributed by atoms with Crippen LogP contribution in [0.15, 0.2) is 36.7 Å². The first kappa shape index (κ1) is 21.7. The minimum Gasteiger partial charge on any atom is -0.334 e. The zero-order valence-electron chi connectivity index (χ0n) is 16.1. The molecule has 3 rings (SSSR count). The number of hydrogen-bond donors (Lipinski definition) is 2. The highest BCUT2D eigenvalue weighted by atomic mass is 35.5. The van der Waals surface area contributed by atoms with Crippen LogP contribution in [-0.2, 0) is 15.5 Å². The number of hydrogen-bond acceptors (Lipinski definition) is 4. The van der Waals surface area contributed by atoms with E-state index < -0.39 is 14.2 Å². The van der Waals surface area contributed by atoms with Gasteiger partial charge in [-0.25, -0.2) is 9.09 Å². The Kier molecular flexibility index (Phi) is 7.84. The van der Waals surface area contributed by atoms with Crippen molar-refractivity contribution < 1.29 is 18.9 Å². The number of benzene rings is 1. The Morgan fingerprint density at radius 2 is 1.71 bits per heavy atom. The van der Waals surface area contributed by atoms with Crippen LogP contribution in [0.1, 0.15) is 50.5 Å². The summed E-state index contributed by atoms with van der Waals surface area (Å²) in [4.78, 5) is 22.5. The Morgan fingerprint density at radius 3 is 2.39 bits per heavy atom. The number of unbranched alkanes of at least 4 members (excludes halogenated alkanes) is 1. The molecule has 2 N–H and O–H groups in total. The molecule has 6 nitrogen and oxygen atoms in total. The zero-order chi connectivity index (χ0) is 20.0. The van der Waals surface area contributed by atoms with Crippen molar-refractivity contribution in [1.82, 2.24) is 9.80 Å². The molecule has 1 saturated carbocycles. The number of phosphoric ester groups is 1. The van der Waals surface area contributed by atoms with E-state index in [1.165, 1.54) is 37.7 Å². The van der Waals surface area contributed by atoms with Crippen LogP contribution >= 0.6 is 19.4 Å². The highest BCUT2D eigenvalue weighted by molar-refractivity contribution is 7.46. The molecule has 0 amide bonds. The first-order valence-electron chi connectivity index (χ1n) is 10.1. The second kappa shape index (κ2) is 10.1. The maximum Gasteiger partial charge on any atom is 0.472 e. The molecule has 28 heavy (non-hydrogen) atoms. The maximum atomic E-state index is 11.5. The molecule has 0 saturated heterocycles. The number of phosphoric acid groups is 1. The number of halogens is 1. The summed E-state index contributed by atoms with van der Waals surface area (Å²) in [5, 5.41) is 0.737. The largest absolute Gasteiger partial charge is 0.472 e. The zero-order valence-corrected chi connectivity index (χ0v) is 17.8. The van der Waals surface area contributed by atoms with Crippen LogP contribution in [0, 0.1) is 5.92 Å². The van der Waals surface area contributed by atoms with Gasteiger partial charge in [-0.05, 0) is 55.7 Å². The van der Waals surface area contributed by atoms with Gasteiger partial charge in [-0.3, -0.25) is 0 Å². The Hall–Kier alpha value is -1.04. The smallest absolute Gasteiger partial charge is 0.334 e. The van der Waals surface area contributed by atoms with E-state index in [1.54, 1.807) is 0 Å². The molecule has 0 radical (unpaired) electrons. The first-order chi connectivity index (χ1) is 13.4. The molecule has 1 fully saturated rings. The summed E-state index contributed by atoms with van der Waals surface area (Å²) in [6.45, 7) is 1.47. The minimum atomic E-state index is -4.57. The second-order valence-corrected chi connectivity index (χ2v) is 9.37. The van der Waals surface area contributed by atoms with Crippen LogP contribution < -0.4 is 0 Å². The molecule has 1 heterocycles. The third-order valence-corrected chi connectivity index (χ3v) is 6.20. The second-order valence-electron chi connectivity index (χ2n) is 7.74. The Labute approximate surface area is 172 Å². The van der Waals surface area contributed by atoms with Gasteiger partial charge in [0, 0.05) is 30.5 Å². The summed E-state index contributed by atoms with van der Waals surface area (Å²) < 4.78 is 16.6. The Bertz CT molecular complexity index is 688.